The molecule has 0 spiro atoms. The lowest BCUT2D eigenvalue weighted by Crippen LogP contribution is -2.42. The first-order chi connectivity index (χ1) is 4.13. The van der Waals surface area contributed by atoms with Crippen LogP contribution in [0.2, 0.25) is 5.54 Å². The Bertz CT molecular complexity index is 104. The fourth-order valence-electron chi connectivity index (χ4n) is 1.21. The predicted octanol–water partition coefficient (Wildman–Crippen LogP) is -2.66. The van der Waals surface area contributed by atoms with Gasteiger partial charge in [-0.25, -0.2) is 0 Å². The largest absolute Gasteiger partial charge is 0.384 e. The first-order valence-corrected chi connectivity index (χ1v) is 6.92. The normalized spacial score (nSPS) is 46.0. The molecular weight excluding hydrogens is 160 g/mol. The van der Waals surface area contributed by atoms with Crippen molar-refractivity contribution in [2.75, 3.05) is 6.61 Å². The van der Waals surface area contributed by atoms with Crippen LogP contribution in [-0.4, -0.2) is 42.2 Å². The molecule has 1 nitrogen and oxygen atoms in total. The summed E-state index contributed by atoms with van der Waals surface area (Å²) in [5, 5.41) is 0. The molecule has 1 rings (SSSR count). The van der Waals surface area contributed by atoms with E-state index in [-0.39, 0.29) is 0 Å². The van der Waals surface area contributed by atoms with Gasteiger partial charge in [-0.05, 0) is 18.4 Å². The molecule has 0 bridgehead atoms. The second kappa shape index (κ2) is 2.69. The van der Waals surface area contributed by atoms with E-state index in [9.17, 15) is 0 Å². The summed E-state index contributed by atoms with van der Waals surface area (Å²) in [5.74, 6) is 0. The molecule has 1 atom stereocenters. The minimum atomic E-state index is 0.477. The monoisotopic (exact) mass is 176 g/mol. The van der Waals surface area contributed by atoms with E-state index in [1.807, 2.05) is 0 Å². The summed E-state index contributed by atoms with van der Waals surface area (Å²) in [6.07, 6.45) is 2.78. The van der Waals surface area contributed by atoms with E-state index in [2.05, 4.69) is 0 Å². The van der Waals surface area contributed by atoms with E-state index in [1.54, 1.807) is 0 Å². The van der Waals surface area contributed by atoms with Crippen LogP contribution in [0, 0.1) is 0 Å². The lowest BCUT2D eigenvalue weighted by Gasteiger charge is -2.36. The first-order valence-electron chi connectivity index (χ1n) is 3.77. The van der Waals surface area contributed by atoms with Crippen LogP contribution in [0.1, 0.15) is 12.8 Å². The summed E-state index contributed by atoms with van der Waals surface area (Å²) < 4.78 is 5.74. The van der Waals surface area contributed by atoms with Crippen LogP contribution in [0.5, 0.6) is 0 Å². The van der Waals surface area contributed by atoms with Crippen molar-refractivity contribution < 1.29 is 4.74 Å². The number of ether oxygens (including phenoxy) is 1. The molecule has 54 valence electrons. The smallest absolute Gasteiger partial charge is 0.0464 e. The van der Waals surface area contributed by atoms with E-state index in [0.717, 1.165) is 12.1 Å². The Balaban J connectivity index is 2.49. The van der Waals surface area contributed by atoms with Gasteiger partial charge in [0.1, 0.15) is 0 Å². The summed E-state index contributed by atoms with van der Waals surface area (Å²) in [7, 11) is 3.89. The maximum absolute atomic E-state index is 5.74. The van der Waals surface area contributed by atoms with Crippen molar-refractivity contribution in [3.05, 3.63) is 0 Å². The SMILES string of the molecule is [SiH3]C1CCCOC1([SiH3])[SiH3]. The van der Waals surface area contributed by atoms with Gasteiger partial charge in [0.05, 0.1) is 0 Å². The van der Waals surface area contributed by atoms with Gasteiger partial charge >= 0.3 is 0 Å². The van der Waals surface area contributed by atoms with Crippen LogP contribution in [0.15, 0.2) is 0 Å². The Kier molecular flexibility index (Phi) is 2.31. The molecule has 4 heteroatoms. The van der Waals surface area contributed by atoms with Gasteiger partial charge in [0.2, 0.25) is 0 Å². The maximum Gasteiger partial charge on any atom is 0.0464 e. The highest BCUT2D eigenvalue weighted by atomic mass is 28.2. The molecule has 1 fully saturated rings. The molecule has 0 radical (unpaired) electrons. The van der Waals surface area contributed by atoms with E-state index >= 15 is 0 Å². The lowest BCUT2D eigenvalue weighted by atomic mass is 10.2. The van der Waals surface area contributed by atoms with Crippen LogP contribution < -0.4 is 0 Å². The van der Waals surface area contributed by atoms with Gasteiger partial charge in [-0.1, -0.05) is 0 Å². The van der Waals surface area contributed by atoms with E-state index < -0.39 is 0 Å². The molecule has 1 aliphatic heterocycles. The van der Waals surface area contributed by atoms with E-state index in [4.69, 9.17) is 4.74 Å². The van der Waals surface area contributed by atoms with Crippen LogP contribution in [-0.2, 0) is 4.74 Å². The molecule has 1 saturated heterocycles. The third kappa shape index (κ3) is 1.76. The fourth-order valence-corrected chi connectivity index (χ4v) is 2.78. The number of hydrogen-bond acceptors (Lipinski definition) is 1. The number of rotatable bonds is 0. The Hall–Kier alpha value is 0.611. The van der Waals surface area contributed by atoms with Gasteiger partial charge in [0.25, 0.3) is 0 Å². The second-order valence-corrected chi connectivity index (χ2v) is 10.9. The fraction of sp³-hybridized carbons (Fsp3) is 1.00. The highest BCUT2D eigenvalue weighted by molar-refractivity contribution is 6.43. The molecule has 0 aliphatic carbocycles. The zero-order chi connectivity index (χ0) is 6.91. The summed E-state index contributed by atoms with van der Waals surface area (Å²) in [6.45, 7) is 1.05. The molecule has 0 amide bonds. The van der Waals surface area contributed by atoms with E-state index in [0.29, 0.717) is 4.85 Å². The van der Waals surface area contributed by atoms with Crippen molar-refractivity contribution >= 4 is 30.7 Å². The van der Waals surface area contributed by atoms with Crippen molar-refractivity contribution in [3.63, 3.8) is 0 Å². The van der Waals surface area contributed by atoms with Crippen molar-refractivity contribution in [3.8, 4) is 0 Å². The molecule has 0 aromatic heterocycles. The van der Waals surface area contributed by atoms with Gasteiger partial charge in [-0.15, -0.1) is 0 Å². The Labute approximate surface area is 65.8 Å². The second-order valence-electron chi connectivity index (χ2n) is 3.50. The van der Waals surface area contributed by atoms with Crippen molar-refractivity contribution in [1.82, 2.24) is 0 Å². The Morgan fingerprint density at radius 1 is 1.44 bits per heavy atom. The summed E-state index contributed by atoms with van der Waals surface area (Å²) in [5.41, 5.74) is 0.990. The minimum absolute atomic E-state index is 0.477. The van der Waals surface area contributed by atoms with Gasteiger partial charge < -0.3 is 4.74 Å². The van der Waals surface area contributed by atoms with Crippen molar-refractivity contribution in [1.29, 1.82) is 0 Å². The standard InChI is InChI=1S/C5H16OSi3/c7-4-2-1-3-6-5(4,8)9/h4H,1-3H2,7-9H3. The molecule has 0 aromatic carbocycles. The van der Waals surface area contributed by atoms with Gasteiger partial charge in [0.15, 0.2) is 0 Å². The van der Waals surface area contributed by atoms with Crippen LogP contribution in [0.4, 0.5) is 0 Å². The lowest BCUT2D eigenvalue weighted by molar-refractivity contribution is 0.0392. The van der Waals surface area contributed by atoms with Crippen LogP contribution >= 0.6 is 0 Å². The van der Waals surface area contributed by atoms with Crippen molar-refractivity contribution in [2.24, 2.45) is 0 Å². The molecule has 1 aliphatic rings. The molecule has 9 heavy (non-hydrogen) atoms. The molecular formula is C5H16OSi3. The highest BCUT2D eigenvalue weighted by Crippen LogP contribution is 2.27. The quantitative estimate of drug-likeness (QED) is 0.366. The Morgan fingerprint density at radius 2 is 2.11 bits per heavy atom. The number of hydrogen-bond donors (Lipinski definition) is 0. The third-order valence-corrected chi connectivity index (χ3v) is 9.27. The summed E-state index contributed by atoms with van der Waals surface area (Å²) in [4.78, 5) is 0.477. The third-order valence-electron chi connectivity index (χ3n) is 2.44. The van der Waals surface area contributed by atoms with Crippen LogP contribution in [0.3, 0.4) is 0 Å². The average molecular weight is 176 g/mol. The van der Waals surface area contributed by atoms with Crippen molar-refractivity contribution in [2.45, 2.75) is 23.2 Å². The first kappa shape index (κ1) is 7.71. The molecule has 1 unspecified atom stereocenters. The van der Waals surface area contributed by atoms with Gasteiger partial charge in [0, 0.05) is 42.2 Å². The zero-order valence-electron chi connectivity index (χ0n) is 6.61. The van der Waals surface area contributed by atoms with Gasteiger partial charge in [-0.2, -0.15) is 0 Å². The molecule has 0 N–H and O–H groups in total. The summed E-state index contributed by atoms with van der Waals surface area (Å²) in [6, 6.07) is 0. The van der Waals surface area contributed by atoms with Crippen LogP contribution in [0.25, 0.3) is 0 Å². The topological polar surface area (TPSA) is 9.23 Å². The minimum Gasteiger partial charge on any atom is -0.384 e. The molecule has 0 saturated carbocycles. The zero-order valence-corrected chi connectivity index (χ0v) is 12.6. The van der Waals surface area contributed by atoms with E-state index in [1.165, 1.54) is 43.6 Å². The Morgan fingerprint density at radius 3 is 2.44 bits per heavy atom. The summed E-state index contributed by atoms with van der Waals surface area (Å²) >= 11 is 0. The highest BCUT2D eigenvalue weighted by Gasteiger charge is 2.28. The molecule has 1 heterocycles. The maximum atomic E-state index is 5.74. The van der Waals surface area contributed by atoms with Gasteiger partial charge in [-0.3, -0.25) is 0 Å². The average Bonchev–Trinajstić information content (AvgIpc) is 1.77. The predicted molar refractivity (Wildman–Crippen MR) is 51.5 cm³/mol. The molecule has 0 aromatic rings.